The number of nitrogens with zero attached hydrogens (tertiary/aromatic N) is 1. The minimum absolute atomic E-state index is 0.502. The second-order valence-electron chi connectivity index (χ2n) is 4.20. The summed E-state index contributed by atoms with van der Waals surface area (Å²) in [6, 6.07) is 8.06. The molecule has 0 aromatic heterocycles. The molecule has 2 unspecified atom stereocenters. The Hall–Kier alpha value is -1.10. The van der Waals surface area contributed by atoms with E-state index in [1.807, 2.05) is 30.1 Å². The number of hydrogen-bond acceptors (Lipinski definition) is 4. The number of aliphatic hydroxyl groups excluding tert-OH is 2. The Bertz CT molecular complexity index is 347. The topological polar surface area (TPSA) is 55.7 Å². The van der Waals surface area contributed by atoms with Gasteiger partial charge in [-0.1, -0.05) is 18.2 Å². The van der Waals surface area contributed by atoms with Crippen LogP contribution in [0.3, 0.4) is 0 Å². The lowest BCUT2D eigenvalue weighted by molar-refractivity contribution is 0.0572. The smallest absolute Gasteiger partial charge is 0.0990 e. The number of aliphatic hydroxyl groups is 2. The fraction of sp³-hybridized carbons (Fsp3) is 0.500. The van der Waals surface area contributed by atoms with Crippen molar-refractivity contribution in [2.45, 2.75) is 18.8 Å². The molecule has 1 aliphatic rings. The van der Waals surface area contributed by atoms with Crippen molar-refractivity contribution in [2.75, 3.05) is 25.0 Å². The average molecular weight is 222 g/mol. The number of rotatable bonds is 3. The summed E-state index contributed by atoms with van der Waals surface area (Å²) < 4.78 is 0. The van der Waals surface area contributed by atoms with Crippen LogP contribution >= 0.6 is 0 Å². The van der Waals surface area contributed by atoms with E-state index in [-0.39, 0.29) is 0 Å². The summed E-state index contributed by atoms with van der Waals surface area (Å²) in [6.45, 7) is 1.79. The van der Waals surface area contributed by atoms with Crippen LogP contribution in [0.15, 0.2) is 24.3 Å². The van der Waals surface area contributed by atoms with Gasteiger partial charge in [0.2, 0.25) is 0 Å². The summed E-state index contributed by atoms with van der Waals surface area (Å²) in [5, 5.41) is 22.2. The first-order valence-corrected chi connectivity index (χ1v) is 5.56. The second kappa shape index (κ2) is 4.82. The fourth-order valence-electron chi connectivity index (χ4n) is 2.13. The Balaban J connectivity index is 2.20. The molecule has 2 atom stereocenters. The van der Waals surface area contributed by atoms with Crippen LogP contribution in [0, 0.1) is 0 Å². The molecule has 1 aliphatic heterocycles. The van der Waals surface area contributed by atoms with E-state index in [0.717, 1.165) is 12.2 Å². The molecule has 0 amide bonds. The van der Waals surface area contributed by atoms with E-state index in [1.54, 1.807) is 0 Å². The zero-order chi connectivity index (χ0) is 11.5. The summed E-state index contributed by atoms with van der Waals surface area (Å²) in [7, 11) is 1.91. The van der Waals surface area contributed by atoms with Crippen molar-refractivity contribution in [3.63, 3.8) is 0 Å². The first kappa shape index (κ1) is 11.4. The van der Waals surface area contributed by atoms with Gasteiger partial charge in [-0.05, 0) is 18.7 Å². The zero-order valence-electron chi connectivity index (χ0n) is 9.43. The molecule has 1 fully saturated rings. The van der Waals surface area contributed by atoms with Gasteiger partial charge >= 0.3 is 0 Å². The van der Waals surface area contributed by atoms with Crippen LogP contribution in [0.1, 0.15) is 5.56 Å². The van der Waals surface area contributed by atoms with E-state index in [4.69, 9.17) is 0 Å². The molecule has 4 nitrogen and oxygen atoms in total. The molecule has 0 aliphatic carbocycles. The highest BCUT2D eigenvalue weighted by molar-refractivity contribution is 5.54. The normalized spacial score (nSPS) is 25.1. The van der Waals surface area contributed by atoms with E-state index in [0.29, 0.717) is 13.1 Å². The van der Waals surface area contributed by atoms with E-state index < -0.39 is 12.2 Å². The Labute approximate surface area is 95.5 Å². The molecule has 16 heavy (non-hydrogen) atoms. The average Bonchev–Trinajstić information content (AvgIpc) is 2.60. The minimum atomic E-state index is -0.636. The monoisotopic (exact) mass is 222 g/mol. The Morgan fingerprint density at radius 1 is 1.25 bits per heavy atom. The molecule has 1 aromatic rings. The van der Waals surface area contributed by atoms with Crippen LogP contribution in [-0.4, -0.2) is 42.6 Å². The zero-order valence-corrected chi connectivity index (χ0v) is 9.43. The number of β-amino-alcohol motifs (C(OH)–C–C–N with tert-alkyl or cyclic N) is 2. The van der Waals surface area contributed by atoms with Gasteiger partial charge in [0.15, 0.2) is 0 Å². The highest BCUT2D eigenvalue weighted by Crippen LogP contribution is 2.24. The van der Waals surface area contributed by atoms with Crippen LogP contribution in [0.2, 0.25) is 0 Å². The molecule has 1 saturated heterocycles. The Morgan fingerprint density at radius 2 is 1.88 bits per heavy atom. The molecule has 0 bridgehead atoms. The maximum absolute atomic E-state index is 9.54. The van der Waals surface area contributed by atoms with Crippen molar-refractivity contribution in [1.82, 2.24) is 5.32 Å². The SMILES string of the molecule is CNCc1ccccc1N1CC(O)C(O)C1. The number of para-hydroxylation sites is 1. The first-order chi connectivity index (χ1) is 7.72. The van der Waals surface area contributed by atoms with Crippen molar-refractivity contribution in [3.05, 3.63) is 29.8 Å². The lowest BCUT2D eigenvalue weighted by atomic mass is 10.1. The van der Waals surface area contributed by atoms with Crippen LogP contribution in [-0.2, 0) is 6.54 Å². The Kier molecular flexibility index (Phi) is 3.43. The second-order valence-corrected chi connectivity index (χ2v) is 4.20. The molecule has 0 spiro atoms. The van der Waals surface area contributed by atoms with E-state index in [9.17, 15) is 10.2 Å². The third-order valence-corrected chi connectivity index (χ3v) is 2.96. The molecule has 1 aromatic carbocycles. The molecule has 2 rings (SSSR count). The van der Waals surface area contributed by atoms with Gasteiger partial charge < -0.3 is 20.4 Å². The van der Waals surface area contributed by atoms with E-state index >= 15 is 0 Å². The number of hydrogen-bond donors (Lipinski definition) is 3. The first-order valence-electron chi connectivity index (χ1n) is 5.56. The van der Waals surface area contributed by atoms with Gasteiger partial charge in [0.1, 0.15) is 0 Å². The van der Waals surface area contributed by atoms with E-state index in [2.05, 4.69) is 11.4 Å². The number of anilines is 1. The molecule has 0 radical (unpaired) electrons. The van der Waals surface area contributed by atoms with Gasteiger partial charge in [-0.25, -0.2) is 0 Å². The maximum Gasteiger partial charge on any atom is 0.0990 e. The maximum atomic E-state index is 9.54. The fourth-order valence-corrected chi connectivity index (χ4v) is 2.13. The van der Waals surface area contributed by atoms with Crippen molar-refractivity contribution in [3.8, 4) is 0 Å². The van der Waals surface area contributed by atoms with Gasteiger partial charge in [0.05, 0.1) is 12.2 Å². The lowest BCUT2D eigenvalue weighted by Gasteiger charge is -2.21. The number of benzene rings is 1. The predicted octanol–water partition coefficient (Wildman–Crippen LogP) is -0.0522. The standard InChI is InChI=1S/C12H18N2O2/c1-13-6-9-4-2-3-5-10(9)14-7-11(15)12(16)8-14/h2-5,11-13,15-16H,6-8H2,1H3. The highest BCUT2D eigenvalue weighted by atomic mass is 16.3. The summed E-state index contributed by atoms with van der Waals surface area (Å²) in [5.41, 5.74) is 2.28. The lowest BCUT2D eigenvalue weighted by Crippen LogP contribution is -2.23. The van der Waals surface area contributed by atoms with Crippen LogP contribution in [0.4, 0.5) is 5.69 Å². The summed E-state index contributed by atoms with van der Waals surface area (Å²) in [6.07, 6.45) is -1.27. The summed E-state index contributed by atoms with van der Waals surface area (Å²) in [5.74, 6) is 0. The summed E-state index contributed by atoms with van der Waals surface area (Å²) in [4.78, 5) is 2.03. The van der Waals surface area contributed by atoms with Gasteiger partial charge in [-0.3, -0.25) is 0 Å². The molecule has 3 N–H and O–H groups in total. The Morgan fingerprint density at radius 3 is 2.50 bits per heavy atom. The predicted molar refractivity (Wildman–Crippen MR) is 63.4 cm³/mol. The summed E-state index contributed by atoms with van der Waals surface area (Å²) >= 11 is 0. The van der Waals surface area contributed by atoms with Crippen molar-refractivity contribution >= 4 is 5.69 Å². The van der Waals surface area contributed by atoms with Crippen LogP contribution in [0.5, 0.6) is 0 Å². The van der Waals surface area contributed by atoms with Crippen molar-refractivity contribution in [2.24, 2.45) is 0 Å². The van der Waals surface area contributed by atoms with Gasteiger partial charge in [0, 0.05) is 25.3 Å². The molecular weight excluding hydrogens is 204 g/mol. The minimum Gasteiger partial charge on any atom is -0.389 e. The van der Waals surface area contributed by atoms with Gasteiger partial charge in [-0.15, -0.1) is 0 Å². The van der Waals surface area contributed by atoms with Crippen LogP contribution in [0.25, 0.3) is 0 Å². The third-order valence-electron chi connectivity index (χ3n) is 2.96. The quantitative estimate of drug-likeness (QED) is 0.671. The third kappa shape index (κ3) is 2.19. The van der Waals surface area contributed by atoms with Gasteiger partial charge in [-0.2, -0.15) is 0 Å². The van der Waals surface area contributed by atoms with Crippen molar-refractivity contribution < 1.29 is 10.2 Å². The van der Waals surface area contributed by atoms with E-state index in [1.165, 1.54) is 5.56 Å². The van der Waals surface area contributed by atoms with Crippen LogP contribution < -0.4 is 10.2 Å². The molecular formula is C12H18N2O2. The molecule has 1 heterocycles. The molecule has 4 heteroatoms. The number of nitrogens with one attached hydrogen (secondary N) is 1. The largest absolute Gasteiger partial charge is 0.389 e. The van der Waals surface area contributed by atoms with Gasteiger partial charge in [0.25, 0.3) is 0 Å². The highest BCUT2D eigenvalue weighted by Gasteiger charge is 2.30. The van der Waals surface area contributed by atoms with Crippen molar-refractivity contribution in [1.29, 1.82) is 0 Å². The molecule has 0 saturated carbocycles. The molecule has 88 valence electrons.